The lowest BCUT2D eigenvalue weighted by molar-refractivity contribution is -0.131. The molecule has 0 spiro atoms. The summed E-state index contributed by atoms with van der Waals surface area (Å²) >= 11 is 0. The number of ether oxygens (including phenoxy) is 2. The number of fused-ring (bicyclic) bond motifs is 1. The molecule has 0 atom stereocenters. The van der Waals surface area contributed by atoms with E-state index in [0.29, 0.717) is 22.4 Å². The molecule has 3 aromatic carbocycles. The number of esters is 1. The molecule has 2 amide bonds. The standard InChI is InChI=1S/C25H20N2O6/c1-15(28)32-21-10-6-4-8-19(21)24(29)27-22-18-7-3-5-9-20(18)33-23(22)25(30)26-16-11-13-17(31-2)14-12-16/h3-14H,1-2H3,(H,26,30)(H,27,29). The largest absolute Gasteiger partial charge is 0.497 e. The van der Waals surface area contributed by atoms with Gasteiger partial charge in [0.25, 0.3) is 11.8 Å². The predicted molar refractivity (Wildman–Crippen MR) is 123 cm³/mol. The monoisotopic (exact) mass is 444 g/mol. The molecule has 0 saturated carbocycles. The fraction of sp³-hybridized carbons (Fsp3) is 0.0800. The Morgan fingerprint density at radius 1 is 0.818 bits per heavy atom. The Balaban J connectivity index is 1.67. The van der Waals surface area contributed by atoms with Crippen LogP contribution in [0, 0.1) is 0 Å². The summed E-state index contributed by atoms with van der Waals surface area (Å²) in [6.07, 6.45) is 0. The highest BCUT2D eigenvalue weighted by atomic mass is 16.5. The molecule has 0 fully saturated rings. The Hall–Kier alpha value is -4.59. The van der Waals surface area contributed by atoms with Crippen molar-refractivity contribution in [3.8, 4) is 11.5 Å². The van der Waals surface area contributed by atoms with Crippen molar-refractivity contribution in [2.75, 3.05) is 17.7 Å². The summed E-state index contributed by atoms with van der Waals surface area (Å²) in [6, 6.07) is 20.1. The van der Waals surface area contributed by atoms with Crippen LogP contribution < -0.4 is 20.1 Å². The van der Waals surface area contributed by atoms with Gasteiger partial charge in [0, 0.05) is 18.0 Å². The summed E-state index contributed by atoms with van der Waals surface area (Å²) in [7, 11) is 1.55. The quantitative estimate of drug-likeness (QED) is 0.325. The molecule has 0 unspecified atom stereocenters. The van der Waals surface area contributed by atoms with Gasteiger partial charge in [-0.05, 0) is 48.5 Å². The zero-order valence-electron chi connectivity index (χ0n) is 17.9. The molecule has 4 aromatic rings. The molecule has 0 bridgehead atoms. The van der Waals surface area contributed by atoms with Crippen LogP contribution in [0.25, 0.3) is 11.0 Å². The highest BCUT2D eigenvalue weighted by Gasteiger charge is 2.24. The molecule has 0 saturated heterocycles. The topological polar surface area (TPSA) is 107 Å². The van der Waals surface area contributed by atoms with Gasteiger partial charge in [-0.1, -0.05) is 24.3 Å². The first-order chi connectivity index (χ1) is 16.0. The first-order valence-corrected chi connectivity index (χ1v) is 10.0. The minimum absolute atomic E-state index is 0.0645. The maximum Gasteiger partial charge on any atom is 0.308 e. The van der Waals surface area contributed by atoms with Gasteiger partial charge in [-0.2, -0.15) is 0 Å². The molecular formula is C25H20N2O6. The molecule has 4 rings (SSSR count). The number of nitrogens with one attached hydrogen (secondary N) is 2. The molecular weight excluding hydrogens is 424 g/mol. The summed E-state index contributed by atoms with van der Waals surface area (Å²) in [5.41, 5.74) is 1.30. The van der Waals surface area contributed by atoms with Gasteiger partial charge in [0.05, 0.1) is 12.7 Å². The van der Waals surface area contributed by atoms with Gasteiger partial charge in [-0.3, -0.25) is 14.4 Å². The van der Waals surface area contributed by atoms with Crippen LogP contribution in [0.15, 0.2) is 77.2 Å². The van der Waals surface area contributed by atoms with Crippen LogP contribution >= 0.6 is 0 Å². The maximum atomic E-state index is 13.1. The van der Waals surface area contributed by atoms with Gasteiger partial charge in [-0.15, -0.1) is 0 Å². The van der Waals surface area contributed by atoms with E-state index < -0.39 is 17.8 Å². The molecule has 8 heteroatoms. The normalized spacial score (nSPS) is 10.5. The van der Waals surface area contributed by atoms with Gasteiger partial charge in [0.1, 0.15) is 22.8 Å². The predicted octanol–water partition coefficient (Wildman–Crippen LogP) is 4.87. The molecule has 0 radical (unpaired) electrons. The number of carbonyl (C=O) groups is 3. The molecule has 1 heterocycles. The number of amides is 2. The van der Waals surface area contributed by atoms with Gasteiger partial charge in [-0.25, -0.2) is 0 Å². The van der Waals surface area contributed by atoms with E-state index in [4.69, 9.17) is 13.9 Å². The Morgan fingerprint density at radius 2 is 1.52 bits per heavy atom. The zero-order valence-corrected chi connectivity index (χ0v) is 17.9. The van der Waals surface area contributed by atoms with E-state index in [0.717, 1.165) is 0 Å². The van der Waals surface area contributed by atoms with E-state index in [9.17, 15) is 14.4 Å². The number of furan rings is 1. The molecule has 0 aliphatic rings. The Morgan fingerprint density at radius 3 is 2.24 bits per heavy atom. The smallest absolute Gasteiger partial charge is 0.308 e. The van der Waals surface area contributed by atoms with Crippen molar-refractivity contribution < 1.29 is 28.3 Å². The number of carbonyl (C=O) groups excluding carboxylic acids is 3. The maximum absolute atomic E-state index is 13.1. The fourth-order valence-electron chi connectivity index (χ4n) is 3.27. The number of para-hydroxylation sites is 2. The molecule has 166 valence electrons. The van der Waals surface area contributed by atoms with E-state index in [1.165, 1.54) is 19.1 Å². The van der Waals surface area contributed by atoms with Crippen LogP contribution in [0.4, 0.5) is 11.4 Å². The fourth-order valence-corrected chi connectivity index (χ4v) is 3.27. The van der Waals surface area contributed by atoms with Crippen LogP contribution in [0.5, 0.6) is 11.5 Å². The number of anilines is 2. The first kappa shape index (κ1) is 21.6. The minimum Gasteiger partial charge on any atom is -0.497 e. The summed E-state index contributed by atoms with van der Waals surface area (Å²) in [5, 5.41) is 6.05. The Bertz CT molecular complexity index is 1340. The van der Waals surface area contributed by atoms with Crippen molar-refractivity contribution in [1.82, 2.24) is 0 Å². The molecule has 2 N–H and O–H groups in total. The molecule has 0 aliphatic carbocycles. The summed E-state index contributed by atoms with van der Waals surface area (Å²) in [6.45, 7) is 1.25. The SMILES string of the molecule is COc1ccc(NC(=O)c2oc3ccccc3c2NC(=O)c2ccccc2OC(C)=O)cc1. The second kappa shape index (κ2) is 9.27. The zero-order chi connectivity index (χ0) is 23.4. The van der Waals surface area contributed by atoms with E-state index in [1.807, 2.05) is 0 Å². The van der Waals surface area contributed by atoms with Crippen molar-refractivity contribution in [2.45, 2.75) is 6.92 Å². The van der Waals surface area contributed by atoms with Gasteiger partial charge in [0.2, 0.25) is 5.76 Å². The highest BCUT2D eigenvalue weighted by Crippen LogP contribution is 2.32. The summed E-state index contributed by atoms with van der Waals surface area (Å²) in [4.78, 5) is 37.5. The third-order valence-corrected chi connectivity index (χ3v) is 4.77. The average Bonchev–Trinajstić information content (AvgIpc) is 3.18. The van der Waals surface area contributed by atoms with Crippen molar-refractivity contribution in [3.63, 3.8) is 0 Å². The van der Waals surface area contributed by atoms with Crippen LogP contribution in [0.1, 0.15) is 27.8 Å². The lowest BCUT2D eigenvalue weighted by atomic mass is 10.1. The van der Waals surface area contributed by atoms with Crippen molar-refractivity contribution >= 4 is 40.1 Å². The molecule has 1 aromatic heterocycles. The van der Waals surface area contributed by atoms with Crippen LogP contribution in [-0.4, -0.2) is 24.9 Å². The number of rotatable bonds is 6. The highest BCUT2D eigenvalue weighted by molar-refractivity contribution is 6.17. The van der Waals surface area contributed by atoms with E-state index in [2.05, 4.69) is 10.6 Å². The number of hydrogen-bond acceptors (Lipinski definition) is 6. The van der Waals surface area contributed by atoms with E-state index >= 15 is 0 Å². The Labute approximate surface area is 189 Å². The molecule has 33 heavy (non-hydrogen) atoms. The lowest BCUT2D eigenvalue weighted by Crippen LogP contribution is -2.18. The van der Waals surface area contributed by atoms with Crippen LogP contribution in [0.3, 0.4) is 0 Å². The molecule has 0 aliphatic heterocycles. The number of hydrogen-bond donors (Lipinski definition) is 2. The lowest BCUT2D eigenvalue weighted by Gasteiger charge is -2.10. The third kappa shape index (κ3) is 4.69. The van der Waals surface area contributed by atoms with Crippen LogP contribution in [0.2, 0.25) is 0 Å². The number of methoxy groups -OCH3 is 1. The van der Waals surface area contributed by atoms with Gasteiger partial charge < -0.3 is 24.5 Å². The van der Waals surface area contributed by atoms with E-state index in [-0.39, 0.29) is 22.8 Å². The minimum atomic E-state index is -0.558. The third-order valence-electron chi connectivity index (χ3n) is 4.77. The van der Waals surface area contributed by atoms with Gasteiger partial charge in [0.15, 0.2) is 0 Å². The van der Waals surface area contributed by atoms with E-state index in [1.54, 1.807) is 67.8 Å². The second-order valence-corrected chi connectivity index (χ2v) is 7.03. The number of benzene rings is 3. The van der Waals surface area contributed by atoms with Crippen molar-refractivity contribution in [3.05, 3.63) is 84.1 Å². The van der Waals surface area contributed by atoms with Crippen molar-refractivity contribution in [2.24, 2.45) is 0 Å². The van der Waals surface area contributed by atoms with Crippen LogP contribution in [-0.2, 0) is 4.79 Å². The summed E-state index contributed by atoms with van der Waals surface area (Å²) in [5.74, 6) is -0.957. The average molecular weight is 444 g/mol. The van der Waals surface area contributed by atoms with Crippen molar-refractivity contribution in [1.29, 1.82) is 0 Å². The first-order valence-electron chi connectivity index (χ1n) is 10.0. The second-order valence-electron chi connectivity index (χ2n) is 7.03. The Kier molecular flexibility index (Phi) is 6.08. The summed E-state index contributed by atoms with van der Waals surface area (Å²) < 4.78 is 16.0. The molecule has 8 nitrogen and oxygen atoms in total. The van der Waals surface area contributed by atoms with Gasteiger partial charge >= 0.3 is 5.97 Å².